The Kier molecular flexibility index (Phi) is 3.32. The molecule has 96 valence electrons. The fourth-order valence-corrected chi connectivity index (χ4v) is 1.88. The lowest BCUT2D eigenvalue weighted by atomic mass is 10.2. The van der Waals surface area contributed by atoms with E-state index in [0.29, 0.717) is 11.3 Å². The second-order valence-corrected chi connectivity index (χ2v) is 4.01. The largest absolute Gasteiger partial charge is 0.391 e. The van der Waals surface area contributed by atoms with Gasteiger partial charge in [-0.25, -0.2) is 17.9 Å². The number of hydrogen-bond donors (Lipinski definition) is 1. The molecule has 1 aromatic heterocycles. The van der Waals surface area contributed by atoms with Crippen LogP contribution in [0.5, 0.6) is 0 Å². The summed E-state index contributed by atoms with van der Waals surface area (Å²) in [7, 11) is 0. The van der Waals surface area contributed by atoms with E-state index in [1.54, 1.807) is 6.92 Å². The first-order chi connectivity index (χ1) is 8.45. The van der Waals surface area contributed by atoms with E-state index < -0.39 is 17.5 Å². The number of hydrogen-bond acceptors (Lipinski definition) is 2. The van der Waals surface area contributed by atoms with E-state index in [-0.39, 0.29) is 17.4 Å². The molecule has 0 unspecified atom stereocenters. The van der Waals surface area contributed by atoms with E-state index in [1.807, 2.05) is 0 Å². The highest BCUT2D eigenvalue weighted by Crippen LogP contribution is 2.25. The Morgan fingerprint density at radius 1 is 1.28 bits per heavy atom. The highest BCUT2D eigenvalue weighted by Gasteiger charge is 2.17. The predicted octanol–water partition coefficient (Wildman–Crippen LogP) is 2.74. The zero-order valence-corrected chi connectivity index (χ0v) is 9.97. The zero-order valence-electron chi connectivity index (χ0n) is 9.22. The van der Waals surface area contributed by atoms with Crippen molar-refractivity contribution in [2.45, 2.75) is 13.5 Å². The SMILES string of the molecule is Cc1nn(-c2cc(F)c(F)c(F)c2)c(Cl)c1CO. The van der Waals surface area contributed by atoms with Gasteiger partial charge in [-0.05, 0) is 6.92 Å². The third-order valence-electron chi connectivity index (χ3n) is 2.49. The molecule has 0 radical (unpaired) electrons. The van der Waals surface area contributed by atoms with Gasteiger partial charge in [0.2, 0.25) is 0 Å². The summed E-state index contributed by atoms with van der Waals surface area (Å²) in [5, 5.41) is 13.0. The molecule has 0 aliphatic carbocycles. The quantitative estimate of drug-likeness (QED) is 0.857. The summed E-state index contributed by atoms with van der Waals surface area (Å²) in [5.74, 6) is -4.22. The van der Waals surface area contributed by atoms with Crippen LogP contribution < -0.4 is 0 Å². The number of benzene rings is 1. The second-order valence-electron chi connectivity index (χ2n) is 3.65. The van der Waals surface area contributed by atoms with E-state index in [9.17, 15) is 13.2 Å². The Morgan fingerprint density at radius 2 is 1.83 bits per heavy atom. The lowest BCUT2D eigenvalue weighted by molar-refractivity contribution is 0.281. The van der Waals surface area contributed by atoms with Crippen molar-refractivity contribution < 1.29 is 18.3 Å². The van der Waals surface area contributed by atoms with Crippen molar-refractivity contribution in [3.05, 3.63) is 46.0 Å². The summed E-state index contributed by atoms with van der Waals surface area (Å²) in [6.07, 6.45) is 0. The summed E-state index contributed by atoms with van der Waals surface area (Å²) in [6.45, 7) is 1.24. The van der Waals surface area contributed by atoms with E-state index in [4.69, 9.17) is 16.7 Å². The number of aromatic nitrogens is 2. The van der Waals surface area contributed by atoms with Crippen molar-refractivity contribution in [2.75, 3.05) is 0 Å². The molecule has 0 amide bonds. The molecular weight excluding hydrogens is 269 g/mol. The molecule has 0 fully saturated rings. The van der Waals surface area contributed by atoms with Crippen LogP contribution in [0.1, 0.15) is 11.3 Å². The van der Waals surface area contributed by atoms with Gasteiger partial charge in [-0.1, -0.05) is 11.6 Å². The number of aryl methyl sites for hydroxylation is 1. The highest BCUT2D eigenvalue weighted by molar-refractivity contribution is 6.30. The van der Waals surface area contributed by atoms with Gasteiger partial charge in [0.05, 0.1) is 18.0 Å². The maximum Gasteiger partial charge on any atom is 0.194 e. The smallest absolute Gasteiger partial charge is 0.194 e. The van der Waals surface area contributed by atoms with Crippen LogP contribution >= 0.6 is 11.6 Å². The van der Waals surface area contributed by atoms with Gasteiger partial charge in [0.15, 0.2) is 17.5 Å². The average molecular weight is 277 g/mol. The van der Waals surface area contributed by atoms with Crippen molar-refractivity contribution in [3.8, 4) is 5.69 Å². The first-order valence-corrected chi connectivity index (χ1v) is 5.33. The molecule has 7 heteroatoms. The molecule has 0 atom stereocenters. The van der Waals surface area contributed by atoms with Crippen LogP contribution in [-0.2, 0) is 6.61 Å². The van der Waals surface area contributed by atoms with Crippen LogP contribution in [0.3, 0.4) is 0 Å². The van der Waals surface area contributed by atoms with Gasteiger partial charge in [-0.3, -0.25) is 0 Å². The maximum atomic E-state index is 13.1. The summed E-state index contributed by atoms with van der Waals surface area (Å²) >= 11 is 5.91. The van der Waals surface area contributed by atoms with E-state index in [1.165, 1.54) is 0 Å². The van der Waals surface area contributed by atoms with Crippen molar-refractivity contribution in [3.63, 3.8) is 0 Å². The molecule has 2 rings (SSSR count). The van der Waals surface area contributed by atoms with Crippen LogP contribution in [0.15, 0.2) is 12.1 Å². The van der Waals surface area contributed by atoms with Crippen molar-refractivity contribution in [1.82, 2.24) is 9.78 Å². The third kappa shape index (κ3) is 1.97. The molecule has 1 N–H and O–H groups in total. The average Bonchev–Trinajstić information content (AvgIpc) is 2.60. The Bertz CT molecular complexity index is 590. The number of aliphatic hydroxyl groups excluding tert-OH is 1. The summed E-state index contributed by atoms with van der Waals surface area (Å²) < 4.78 is 40.1. The van der Waals surface area contributed by atoms with Gasteiger partial charge < -0.3 is 5.11 Å². The van der Waals surface area contributed by atoms with E-state index in [0.717, 1.165) is 16.8 Å². The number of rotatable bonds is 2. The molecular formula is C11H8ClF3N2O. The van der Waals surface area contributed by atoms with Gasteiger partial charge in [0.25, 0.3) is 0 Å². The van der Waals surface area contributed by atoms with Crippen LogP contribution in [0.25, 0.3) is 5.69 Å². The predicted molar refractivity (Wildman–Crippen MR) is 59.1 cm³/mol. The topological polar surface area (TPSA) is 38.0 Å². The van der Waals surface area contributed by atoms with E-state index in [2.05, 4.69) is 5.10 Å². The van der Waals surface area contributed by atoms with Gasteiger partial charge in [-0.2, -0.15) is 5.10 Å². The zero-order chi connectivity index (χ0) is 13.4. The summed E-state index contributed by atoms with van der Waals surface area (Å²) in [6, 6.07) is 1.55. The van der Waals surface area contributed by atoms with Gasteiger partial charge >= 0.3 is 0 Å². The number of aliphatic hydroxyl groups is 1. The number of nitrogens with zero attached hydrogens (tertiary/aromatic N) is 2. The van der Waals surface area contributed by atoms with Crippen molar-refractivity contribution in [2.24, 2.45) is 0 Å². The van der Waals surface area contributed by atoms with Crippen LogP contribution in [0.4, 0.5) is 13.2 Å². The van der Waals surface area contributed by atoms with Crippen molar-refractivity contribution in [1.29, 1.82) is 0 Å². The monoisotopic (exact) mass is 276 g/mol. The lowest BCUT2D eigenvalue weighted by Crippen LogP contribution is -2.01. The maximum absolute atomic E-state index is 13.1. The Hall–Kier alpha value is -1.53. The molecule has 18 heavy (non-hydrogen) atoms. The standard InChI is InChI=1S/C11H8ClF3N2O/c1-5-7(4-18)11(12)17(16-5)6-2-8(13)10(15)9(14)3-6/h2-3,18H,4H2,1H3. The minimum Gasteiger partial charge on any atom is -0.391 e. The van der Waals surface area contributed by atoms with Gasteiger partial charge in [0.1, 0.15) is 5.15 Å². The third-order valence-corrected chi connectivity index (χ3v) is 2.88. The normalized spacial score (nSPS) is 11.0. The van der Waals surface area contributed by atoms with Crippen molar-refractivity contribution >= 4 is 11.6 Å². The molecule has 3 nitrogen and oxygen atoms in total. The van der Waals surface area contributed by atoms with Crippen LogP contribution in [0.2, 0.25) is 5.15 Å². The fourth-order valence-electron chi connectivity index (χ4n) is 1.55. The molecule has 0 saturated heterocycles. The Labute approximate surface area is 105 Å². The van der Waals surface area contributed by atoms with Gasteiger partial charge in [0, 0.05) is 17.7 Å². The molecule has 0 spiro atoms. The summed E-state index contributed by atoms with van der Waals surface area (Å²) in [4.78, 5) is 0. The highest BCUT2D eigenvalue weighted by atomic mass is 35.5. The fraction of sp³-hybridized carbons (Fsp3) is 0.182. The molecule has 2 aromatic rings. The second kappa shape index (κ2) is 4.62. The molecule has 0 bridgehead atoms. The first kappa shape index (κ1) is 12.9. The van der Waals surface area contributed by atoms with Crippen LogP contribution in [-0.4, -0.2) is 14.9 Å². The van der Waals surface area contributed by atoms with E-state index >= 15 is 0 Å². The Balaban J connectivity index is 2.63. The van der Waals surface area contributed by atoms with Gasteiger partial charge in [-0.15, -0.1) is 0 Å². The Morgan fingerprint density at radius 3 is 2.28 bits per heavy atom. The number of halogens is 4. The lowest BCUT2D eigenvalue weighted by Gasteiger charge is -2.05. The first-order valence-electron chi connectivity index (χ1n) is 4.95. The molecule has 1 heterocycles. The molecule has 0 aliphatic rings. The molecule has 0 aliphatic heterocycles. The minimum absolute atomic E-state index is 0.0282. The molecule has 0 saturated carbocycles. The summed E-state index contributed by atoms with van der Waals surface area (Å²) in [5.41, 5.74) is 0.716. The minimum atomic E-state index is -1.55. The molecule has 1 aromatic carbocycles. The van der Waals surface area contributed by atoms with Crippen LogP contribution in [0, 0.1) is 24.4 Å².